The zero-order valence-electron chi connectivity index (χ0n) is 24.4. The molecule has 4 amide bonds. The first-order valence-corrected chi connectivity index (χ1v) is 14.2. The summed E-state index contributed by atoms with van der Waals surface area (Å²) in [5.41, 5.74) is 0.935. The maximum atomic E-state index is 13.7. The van der Waals surface area contributed by atoms with Crippen LogP contribution in [0.3, 0.4) is 0 Å². The first-order chi connectivity index (χ1) is 19.5. The second kappa shape index (κ2) is 10.9. The summed E-state index contributed by atoms with van der Waals surface area (Å²) in [5.74, 6) is -1.36. The summed E-state index contributed by atoms with van der Waals surface area (Å²) >= 11 is 0. The highest BCUT2D eigenvalue weighted by molar-refractivity contribution is 5.95. The van der Waals surface area contributed by atoms with Crippen molar-refractivity contribution >= 4 is 23.6 Å². The van der Waals surface area contributed by atoms with Crippen LogP contribution in [0.15, 0.2) is 42.7 Å². The Morgan fingerprint density at radius 3 is 2.34 bits per heavy atom. The smallest absolute Gasteiger partial charge is 0.257 e. The predicted molar refractivity (Wildman–Crippen MR) is 151 cm³/mol. The molecule has 5 rings (SSSR count). The van der Waals surface area contributed by atoms with Crippen molar-refractivity contribution in [2.75, 3.05) is 40.3 Å². The predicted octanol–water partition coefficient (Wildman–Crippen LogP) is 1.14. The van der Waals surface area contributed by atoms with Crippen LogP contribution in [0.2, 0.25) is 0 Å². The quantitative estimate of drug-likeness (QED) is 0.471. The lowest BCUT2D eigenvalue weighted by Crippen LogP contribution is -2.65. The van der Waals surface area contributed by atoms with Gasteiger partial charge in [0.25, 0.3) is 5.91 Å². The van der Waals surface area contributed by atoms with Crippen molar-refractivity contribution in [2.45, 2.75) is 45.9 Å². The number of rotatable bonds is 9. The first-order valence-electron chi connectivity index (χ1n) is 14.2. The summed E-state index contributed by atoms with van der Waals surface area (Å²) in [5, 5.41) is 9.83. The van der Waals surface area contributed by atoms with Gasteiger partial charge in [-0.2, -0.15) is 5.10 Å². The van der Waals surface area contributed by atoms with E-state index in [9.17, 15) is 19.2 Å². The summed E-state index contributed by atoms with van der Waals surface area (Å²) in [7, 11) is 2.99. The maximum Gasteiger partial charge on any atom is 0.257 e. The number of ether oxygens (including phenoxy) is 1. The molecule has 2 aliphatic heterocycles. The van der Waals surface area contributed by atoms with Crippen molar-refractivity contribution in [1.82, 2.24) is 30.2 Å². The number of hydrogen-bond donors (Lipinski definition) is 2. The van der Waals surface area contributed by atoms with Gasteiger partial charge in [0.1, 0.15) is 6.04 Å². The fourth-order valence-electron chi connectivity index (χ4n) is 6.24. The molecule has 1 saturated carbocycles. The largest absolute Gasteiger partial charge is 0.379 e. The molecule has 2 saturated heterocycles. The van der Waals surface area contributed by atoms with Crippen LogP contribution in [-0.2, 0) is 25.7 Å². The van der Waals surface area contributed by atoms with E-state index >= 15 is 0 Å². The van der Waals surface area contributed by atoms with Crippen molar-refractivity contribution in [3.05, 3.63) is 53.9 Å². The van der Waals surface area contributed by atoms with Crippen LogP contribution in [0.25, 0.3) is 0 Å². The van der Waals surface area contributed by atoms with Crippen molar-refractivity contribution in [2.24, 2.45) is 22.7 Å². The highest BCUT2D eigenvalue weighted by atomic mass is 16.5. The van der Waals surface area contributed by atoms with Crippen molar-refractivity contribution in [1.29, 1.82) is 0 Å². The van der Waals surface area contributed by atoms with E-state index in [1.54, 1.807) is 28.9 Å². The highest BCUT2D eigenvalue weighted by Crippen LogP contribution is 2.54. The third-order valence-corrected chi connectivity index (χ3v) is 9.12. The van der Waals surface area contributed by atoms with Gasteiger partial charge in [-0.25, -0.2) is 0 Å². The molecular weight excluding hydrogens is 524 g/mol. The van der Waals surface area contributed by atoms with Crippen molar-refractivity contribution < 1.29 is 23.9 Å². The van der Waals surface area contributed by atoms with E-state index in [4.69, 9.17) is 4.74 Å². The Morgan fingerprint density at radius 2 is 1.73 bits per heavy atom. The second-order valence-electron chi connectivity index (χ2n) is 12.5. The van der Waals surface area contributed by atoms with Crippen LogP contribution < -0.4 is 10.6 Å². The highest BCUT2D eigenvalue weighted by Gasteiger charge is 2.62. The number of methoxy groups -OCH3 is 1. The molecule has 1 aromatic heterocycles. The summed E-state index contributed by atoms with van der Waals surface area (Å²) in [6.45, 7) is 7.76. The number of aromatic nitrogens is 2. The monoisotopic (exact) mass is 564 g/mol. The Bertz CT molecular complexity index is 1320. The zero-order chi connectivity index (χ0) is 29.5. The van der Waals surface area contributed by atoms with Crippen LogP contribution in [-0.4, -0.2) is 95.7 Å². The number of nitrogens with zero attached hydrogens (tertiary/aromatic N) is 4. The average molecular weight is 565 g/mol. The van der Waals surface area contributed by atoms with Gasteiger partial charge < -0.3 is 25.2 Å². The Hall–Kier alpha value is -3.73. The van der Waals surface area contributed by atoms with Crippen LogP contribution in [0, 0.1) is 22.7 Å². The molecule has 41 heavy (non-hydrogen) atoms. The Balaban J connectivity index is 1.33. The Morgan fingerprint density at radius 1 is 1.07 bits per heavy atom. The SMILES string of the molecule is CNC(=O)[C@@H](NC(=O)C1CN(C(=O)c2cnn(Cc3ccccc3)c2)CC12CN(C(=O)C1CC1(C)C)C2)[C@@H](C)OC. The van der Waals surface area contributed by atoms with Crippen LogP contribution in [0.5, 0.6) is 0 Å². The molecular formula is C30H40N6O5. The molecule has 11 nitrogen and oxygen atoms in total. The first kappa shape index (κ1) is 28.8. The lowest BCUT2D eigenvalue weighted by molar-refractivity contribution is -0.152. The molecule has 1 spiro atoms. The number of benzene rings is 1. The zero-order valence-corrected chi connectivity index (χ0v) is 24.4. The third kappa shape index (κ3) is 5.59. The minimum Gasteiger partial charge on any atom is -0.379 e. The summed E-state index contributed by atoms with van der Waals surface area (Å²) in [4.78, 5) is 56.5. The van der Waals surface area contributed by atoms with Crippen molar-refractivity contribution in [3.63, 3.8) is 0 Å². The fraction of sp³-hybridized carbons (Fsp3) is 0.567. The number of carbonyl (C=O) groups excluding carboxylic acids is 4. The number of likely N-dealkylation sites (N-methyl/N-ethyl adjacent to an activating group) is 1. The van der Waals surface area contributed by atoms with Gasteiger partial charge in [-0.05, 0) is 24.3 Å². The summed E-state index contributed by atoms with van der Waals surface area (Å²) in [6.07, 6.45) is 3.59. The lowest BCUT2D eigenvalue weighted by atomic mass is 9.70. The van der Waals surface area contributed by atoms with Crippen molar-refractivity contribution in [3.8, 4) is 0 Å². The second-order valence-corrected chi connectivity index (χ2v) is 12.5. The third-order valence-electron chi connectivity index (χ3n) is 9.12. The summed E-state index contributed by atoms with van der Waals surface area (Å²) < 4.78 is 7.07. The number of hydrogen-bond acceptors (Lipinski definition) is 6. The van der Waals surface area contributed by atoms with Gasteiger partial charge >= 0.3 is 0 Å². The van der Waals surface area contributed by atoms with Crippen LogP contribution in [0.4, 0.5) is 0 Å². The van der Waals surface area contributed by atoms with E-state index in [-0.39, 0.29) is 41.5 Å². The molecule has 1 aliphatic carbocycles. The van der Waals surface area contributed by atoms with E-state index in [1.165, 1.54) is 14.2 Å². The molecule has 3 heterocycles. The van der Waals surface area contributed by atoms with E-state index in [0.29, 0.717) is 31.7 Å². The maximum absolute atomic E-state index is 13.7. The summed E-state index contributed by atoms with van der Waals surface area (Å²) in [6, 6.07) is 8.97. The average Bonchev–Trinajstić information content (AvgIpc) is 3.27. The van der Waals surface area contributed by atoms with E-state index < -0.39 is 23.5 Å². The minimum atomic E-state index is -0.888. The van der Waals surface area contributed by atoms with E-state index in [2.05, 4.69) is 29.6 Å². The van der Waals surface area contributed by atoms with Crippen LogP contribution >= 0.6 is 0 Å². The molecule has 0 bridgehead atoms. The van der Waals surface area contributed by atoms with Gasteiger partial charge in [-0.1, -0.05) is 44.2 Å². The molecule has 2 aromatic rings. The standard InChI is InChI=1S/C30H40N6O5/c1-19(41-5)24(26(38)31-4)33-25(37)23-15-34(16-30(23)17-35(18-30)28(40)22-11-29(22,2)3)27(39)21-12-32-36(14-21)13-20-9-7-6-8-10-20/h6-10,12,14,19,22-24H,11,13,15-18H2,1-5H3,(H,31,38)(H,33,37)/t19-,22?,23?,24+/m1/s1. The van der Waals surface area contributed by atoms with Gasteiger partial charge in [0.15, 0.2) is 0 Å². The fourth-order valence-corrected chi connectivity index (χ4v) is 6.24. The molecule has 2 N–H and O–H groups in total. The molecule has 4 atom stereocenters. The molecule has 1 aromatic carbocycles. The van der Waals surface area contributed by atoms with E-state index in [0.717, 1.165) is 12.0 Å². The van der Waals surface area contributed by atoms with Gasteiger partial charge in [-0.3, -0.25) is 23.9 Å². The lowest BCUT2D eigenvalue weighted by Gasteiger charge is -2.50. The molecule has 2 unspecified atom stereocenters. The Labute approximate surface area is 240 Å². The molecule has 11 heteroatoms. The Kier molecular flexibility index (Phi) is 7.67. The topological polar surface area (TPSA) is 126 Å². The van der Waals surface area contributed by atoms with Gasteiger partial charge in [0.05, 0.1) is 30.3 Å². The molecule has 3 aliphatic rings. The molecule has 220 valence electrons. The number of nitrogens with one attached hydrogen (secondary N) is 2. The number of carbonyl (C=O) groups is 4. The van der Waals surface area contributed by atoms with Gasteiger partial charge in [-0.15, -0.1) is 0 Å². The van der Waals surface area contributed by atoms with Gasteiger partial charge in [0, 0.05) is 57.9 Å². The van der Waals surface area contributed by atoms with Crippen LogP contribution in [0.1, 0.15) is 43.1 Å². The van der Waals surface area contributed by atoms with Gasteiger partial charge in [0.2, 0.25) is 17.7 Å². The normalized spacial score (nSPS) is 23.4. The number of likely N-dealkylation sites (tertiary alicyclic amines) is 2. The molecule has 0 radical (unpaired) electrons. The minimum absolute atomic E-state index is 0.00176. The molecule has 3 fully saturated rings. The number of amides is 4. The van der Waals surface area contributed by atoms with E-state index in [1.807, 2.05) is 35.2 Å².